The maximum absolute atomic E-state index is 12.5. The molecule has 0 bridgehead atoms. The molecule has 2 aromatic rings. The number of amides is 2. The number of carbonyl (C=O) groups is 2. The standard InChI is InChI=1S/C24H28Cl2N2O4S/c1-24(2,3)32-23(30)28-12-10-27(11-13-28)22(29)16-33-15-17-4-6-18(7-5-17)31-19-8-9-20(25)21(26)14-19/h4-9,14H,10-13,15-16H2,1-3H3. The van der Waals surface area contributed by atoms with Crippen LogP contribution in [0, 0.1) is 0 Å². The van der Waals surface area contributed by atoms with Gasteiger partial charge in [0.2, 0.25) is 5.91 Å². The summed E-state index contributed by atoms with van der Waals surface area (Å²) in [6, 6.07) is 12.8. The number of hydrogen-bond donors (Lipinski definition) is 0. The summed E-state index contributed by atoms with van der Waals surface area (Å²) in [5, 5.41) is 0.925. The van der Waals surface area contributed by atoms with Crippen molar-refractivity contribution in [1.29, 1.82) is 0 Å². The lowest BCUT2D eigenvalue weighted by molar-refractivity contribution is -0.130. The summed E-state index contributed by atoms with van der Waals surface area (Å²) in [5.41, 5.74) is 0.582. The van der Waals surface area contributed by atoms with E-state index in [0.717, 1.165) is 11.3 Å². The van der Waals surface area contributed by atoms with Gasteiger partial charge in [-0.3, -0.25) is 4.79 Å². The molecule has 0 atom stereocenters. The van der Waals surface area contributed by atoms with Crippen LogP contribution in [0.2, 0.25) is 10.0 Å². The summed E-state index contributed by atoms with van der Waals surface area (Å²) in [6.07, 6.45) is -0.324. The van der Waals surface area contributed by atoms with Crippen LogP contribution in [0.15, 0.2) is 42.5 Å². The van der Waals surface area contributed by atoms with Crippen molar-refractivity contribution >= 4 is 47.0 Å². The summed E-state index contributed by atoms with van der Waals surface area (Å²) in [5.74, 6) is 2.51. The summed E-state index contributed by atoms with van der Waals surface area (Å²) in [4.78, 5) is 28.1. The fraction of sp³-hybridized carbons (Fsp3) is 0.417. The molecule has 1 aliphatic heterocycles. The van der Waals surface area contributed by atoms with Crippen LogP contribution in [-0.2, 0) is 15.3 Å². The zero-order chi connectivity index (χ0) is 24.0. The second-order valence-electron chi connectivity index (χ2n) is 8.66. The third-order valence-electron chi connectivity index (χ3n) is 4.83. The molecule has 0 aliphatic carbocycles. The first kappa shape index (κ1) is 25.5. The Kier molecular flexibility index (Phi) is 8.79. The summed E-state index contributed by atoms with van der Waals surface area (Å²) in [7, 11) is 0. The van der Waals surface area contributed by atoms with Crippen molar-refractivity contribution in [3.63, 3.8) is 0 Å². The smallest absolute Gasteiger partial charge is 0.410 e. The molecule has 0 unspecified atom stereocenters. The fourth-order valence-electron chi connectivity index (χ4n) is 3.14. The number of rotatable bonds is 6. The van der Waals surface area contributed by atoms with E-state index in [2.05, 4.69) is 0 Å². The first-order valence-corrected chi connectivity index (χ1v) is 12.6. The summed E-state index contributed by atoms with van der Waals surface area (Å²) >= 11 is 13.5. The molecular weight excluding hydrogens is 483 g/mol. The van der Waals surface area contributed by atoms with Crippen LogP contribution in [-0.4, -0.2) is 59.3 Å². The van der Waals surface area contributed by atoms with Gasteiger partial charge in [-0.2, -0.15) is 0 Å². The van der Waals surface area contributed by atoms with Gasteiger partial charge in [0.05, 0.1) is 15.8 Å². The summed E-state index contributed by atoms with van der Waals surface area (Å²) in [6.45, 7) is 7.57. The van der Waals surface area contributed by atoms with Crippen LogP contribution in [0.25, 0.3) is 0 Å². The van der Waals surface area contributed by atoms with Gasteiger partial charge in [-0.25, -0.2) is 4.79 Å². The molecule has 0 saturated carbocycles. The highest BCUT2D eigenvalue weighted by Crippen LogP contribution is 2.29. The van der Waals surface area contributed by atoms with Gasteiger partial charge >= 0.3 is 6.09 Å². The van der Waals surface area contributed by atoms with Gasteiger partial charge in [0.1, 0.15) is 17.1 Å². The van der Waals surface area contributed by atoms with Crippen molar-refractivity contribution in [2.45, 2.75) is 32.1 Å². The highest BCUT2D eigenvalue weighted by molar-refractivity contribution is 7.99. The molecule has 0 radical (unpaired) electrons. The lowest BCUT2D eigenvalue weighted by Gasteiger charge is -2.35. The minimum Gasteiger partial charge on any atom is -0.457 e. The zero-order valence-corrected chi connectivity index (χ0v) is 21.3. The lowest BCUT2D eigenvalue weighted by atomic mass is 10.2. The molecule has 0 spiro atoms. The minimum absolute atomic E-state index is 0.0865. The first-order valence-electron chi connectivity index (χ1n) is 10.7. The average Bonchev–Trinajstić information content (AvgIpc) is 2.76. The van der Waals surface area contributed by atoms with Gasteiger partial charge < -0.3 is 19.3 Å². The van der Waals surface area contributed by atoms with Crippen molar-refractivity contribution in [3.8, 4) is 11.5 Å². The molecular formula is C24H28Cl2N2O4S. The number of nitrogens with zero attached hydrogens (tertiary/aromatic N) is 2. The monoisotopic (exact) mass is 510 g/mol. The molecule has 6 nitrogen and oxygen atoms in total. The van der Waals surface area contributed by atoms with E-state index < -0.39 is 5.60 Å². The van der Waals surface area contributed by atoms with Crippen LogP contribution in [0.4, 0.5) is 4.79 Å². The maximum Gasteiger partial charge on any atom is 0.410 e. The molecule has 0 aromatic heterocycles. The maximum atomic E-state index is 12.5. The Balaban J connectivity index is 1.39. The number of thioether (sulfide) groups is 1. The van der Waals surface area contributed by atoms with Crippen molar-refractivity contribution in [2.24, 2.45) is 0 Å². The molecule has 1 fully saturated rings. The van der Waals surface area contributed by atoms with E-state index >= 15 is 0 Å². The van der Waals surface area contributed by atoms with Crippen molar-refractivity contribution in [3.05, 3.63) is 58.1 Å². The van der Waals surface area contributed by atoms with Crippen molar-refractivity contribution in [2.75, 3.05) is 31.9 Å². The predicted molar refractivity (Wildman–Crippen MR) is 134 cm³/mol. The van der Waals surface area contributed by atoms with E-state index in [1.807, 2.05) is 49.9 Å². The minimum atomic E-state index is -0.519. The zero-order valence-electron chi connectivity index (χ0n) is 19.0. The van der Waals surface area contributed by atoms with E-state index in [4.69, 9.17) is 32.7 Å². The Labute approximate surface area is 209 Å². The normalized spacial score (nSPS) is 14.2. The van der Waals surface area contributed by atoms with E-state index in [1.165, 1.54) is 0 Å². The van der Waals surface area contributed by atoms with Gasteiger partial charge in [0.15, 0.2) is 0 Å². The number of carbonyl (C=O) groups excluding carboxylic acids is 2. The highest BCUT2D eigenvalue weighted by Gasteiger charge is 2.27. The fourth-order valence-corrected chi connectivity index (χ4v) is 4.32. The molecule has 1 saturated heterocycles. The van der Waals surface area contributed by atoms with Crippen molar-refractivity contribution < 1.29 is 19.1 Å². The van der Waals surface area contributed by atoms with E-state index in [-0.39, 0.29) is 12.0 Å². The van der Waals surface area contributed by atoms with Gasteiger partial charge in [-0.05, 0) is 50.6 Å². The van der Waals surface area contributed by atoms with Crippen LogP contribution in [0.1, 0.15) is 26.3 Å². The molecule has 33 heavy (non-hydrogen) atoms. The largest absolute Gasteiger partial charge is 0.457 e. The Morgan fingerprint density at radius 1 is 0.909 bits per heavy atom. The molecule has 0 N–H and O–H groups in total. The Morgan fingerprint density at radius 2 is 1.52 bits per heavy atom. The van der Waals surface area contributed by atoms with Gasteiger partial charge in [0, 0.05) is 38.0 Å². The van der Waals surface area contributed by atoms with Crippen molar-refractivity contribution in [1.82, 2.24) is 9.80 Å². The van der Waals surface area contributed by atoms with Gasteiger partial charge in [-0.1, -0.05) is 35.3 Å². The number of benzene rings is 2. The Hall–Kier alpha value is -2.09. The molecule has 2 amide bonds. The Bertz CT molecular complexity index is 971. The third-order valence-corrected chi connectivity index (χ3v) is 6.56. The first-order chi connectivity index (χ1) is 15.6. The third kappa shape index (κ3) is 8.02. The Morgan fingerprint density at radius 3 is 2.12 bits per heavy atom. The quantitative estimate of drug-likeness (QED) is 0.469. The second-order valence-corrected chi connectivity index (χ2v) is 10.5. The molecule has 1 aliphatic rings. The number of ether oxygens (including phenoxy) is 2. The SMILES string of the molecule is CC(C)(C)OC(=O)N1CCN(C(=O)CSCc2ccc(Oc3ccc(Cl)c(Cl)c3)cc2)CC1. The molecule has 9 heteroatoms. The molecule has 1 heterocycles. The van der Waals surface area contributed by atoms with Crippen LogP contribution < -0.4 is 4.74 Å². The molecule has 178 valence electrons. The molecule has 2 aromatic carbocycles. The topological polar surface area (TPSA) is 59.1 Å². The second kappa shape index (κ2) is 11.4. The number of piperazine rings is 1. The van der Waals surface area contributed by atoms with Crippen LogP contribution in [0.3, 0.4) is 0 Å². The van der Waals surface area contributed by atoms with Gasteiger partial charge in [-0.15, -0.1) is 11.8 Å². The number of halogens is 2. The van der Waals surface area contributed by atoms with E-state index in [1.54, 1.807) is 34.9 Å². The van der Waals surface area contributed by atoms with Gasteiger partial charge in [0.25, 0.3) is 0 Å². The predicted octanol–water partition coefficient (Wildman–Crippen LogP) is 6.10. The highest BCUT2D eigenvalue weighted by atomic mass is 35.5. The lowest BCUT2D eigenvalue weighted by Crippen LogP contribution is -2.52. The van der Waals surface area contributed by atoms with E-state index in [9.17, 15) is 9.59 Å². The average molecular weight is 511 g/mol. The summed E-state index contributed by atoms with van der Waals surface area (Å²) < 4.78 is 11.2. The van der Waals surface area contributed by atoms with Crippen LogP contribution in [0.5, 0.6) is 11.5 Å². The van der Waals surface area contributed by atoms with Crippen LogP contribution >= 0.6 is 35.0 Å². The number of hydrogen-bond acceptors (Lipinski definition) is 5. The van der Waals surface area contributed by atoms with E-state index in [0.29, 0.717) is 53.5 Å². The molecule has 3 rings (SSSR count).